The van der Waals surface area contributed by atoms with E-state index >= 15 is 0 Å². The molecule has 0 radical (unpaired) electrons. The smallest absolute Gasteiger partial charge is 0.243 e. The molecule has 0 aliphatic heterocycles. The van der Waals surface area contributed by atoms with Crippen molar-refractivity contribution < 1.29 is 18.0 Å². The van der Waals surface area contributed by atoms with Crippen LogP contribution in [0.25, 0.3) is 0 Å². The van der Waals surface area contributed by atoms with Gasteiger partial charge in [-0.05, 0) is 69.9 Å². The largest absolute Gasteiger partial charge is 0.350 e. The quantitative estimate of drug-likeness (QED) is 0.312. The number of anilines is 1. The molecular formula is C33H43N3O4S. The number of carbonyl (C=O) groups excluding carboxylic acids is 2. The number of rotatable bonds is 12. The second-order valence-corrected chi connectivity index (χ2v) is 13.6. The van der Waals surface area contributed by atoms with Crippen molar-refractivity contribution in [3.8, 4) is 0 Å². The summed E-state index contributed by atoms with van der Waals surface area (Å²) in [5.74, 6) is -0.424. The van der Waals surface area contributed by atoms with Gasteiger partial charge in [-0.25, -0.2) is 8.42 Å². The van der Waals surface area contributed by atoms with E-state index in [1.807, 2.05) is 107 Å². The highest BCUT2D eigenvalue weighted by molar-refractivity contribution is 7.92. The highest BCUT2D eigenvalue weighted by atomic mass is 32.2. The number of sulfonamides is 1. The molecule has 0 heterocycles. The first-order valence-electron chi connectivity index (χ1n) is 14.0. The summed E-state index contributed by atoms with van der Waals surface area (Å²) in [5.41, 5.74) is 4.02. The van der Waals surface area contributed by atoms with Crippen LogP contribution >= 0.6 is 0 Å². The molecule has 3 aromatic carbocycles. The summed E-state index contributed by atoms with van der Waals surface area (Å²) in [6, 6.07) is 24.2. The molecule has 3 aromatic rings. The van der Waals surface area contributed by atoms with Crippen LogP contribution < -0.4 is 9.62 Å². The van der Waals surface area contributed by atoms with E-state index in [1.54, 1.807) is 11.0 Å². The fourth-order valence-electron chi connectivity index (χ4n) is 4.68. The van der Waals surface area contributed by atoms with E-state index < -0.39 is 21.6 Å². The first-order valence-corrected chi connectivity index (χ1v) is 15.8. The molecule has 0 spiro atoms. The van der Waals surface area contributed by atoms with Gasteiger partial charge in [0.05, 0.1) is 11.9 Å². The van der Waals surface area contributed by atoms with E-state index in [0.29, 0.717) is 18.5 Å². The third kappa shape index (κ3) is 10.0. The lowest BCUT2D eigenvalue weighted by molar-refractivity contribution is -0.142. The third-order valence-corrected chi connectivity index (χ3v) is 7.88. The maximum absolute atomic E-state index is 13.9. The molecular weight excluding hydrogens is 534 g/mol. The van der Waals surface area contributed by atoms with E-state index in [0.717, 1.165) is 22.3 Å². The molecule has 220 valence electrons. The van der Waals surface area contributed by atoms with Crippen molar-refractivity contribution in [1.82, 2.24) is 10.2 Å². The zero-order chi connectivity index (χ0) is 30.2. The van der Waals surface area contributed by atoms with Gasteiger partial charge in [0.25, 0.3) is 0 Å². The minimum absolute atomic E-state index is 0.0950. The minimum Gasteiger partial charge on any atom is -0.350 e. The summed E-state index contributed by atoms with van der Waals surface area (Å²) in [7, 11) is -3.55. The van der Waals surface area contributed by atoms with Crippen molar-refractivity contribution >= 4 is 27.5 Å². The number of hydrogen-bond donors (Lipinski definition) is 1. The molecule has 0 fully saturated rings. The van der Waals surface area contributed by atoms with Crippen LogP contribution in [0.3, 0.4) is 0 Å². The molecule has 1 N–H and O–H groups in total. The average Bonchev–Trinajstić information content (AvgIpc) is 2.88. The molecule has 3 rings (SSSR count). The van der Waals surface area contributed by atoms with Crippen molar-refractivity contribution in [2.24, 2.45) is 0 Å². The van der Waals surface area contributed by atoms with Crippen LogP contribution in [0.4, 0.5) is 5.69 Å². The molecule has 0 aliphatic rings. The highest BCUT2D eigenvalue weighted by Crippen LogP contribution is 2.21. The molecule has 7 nitrogen and oxygen atoms in total. The Labute approximate surface area is 245 Å². The topological polar surface area (TPSA) is 86.8 Å². The predicted molar refractivity (Wildman–Crippen MR) is 166 cm³/mol. The van der Waals surface area contributed by atoms with Crippen LogP contribution in [0.2, 0.25) is 0 Å². The van der Waals surface area contributed by atoms with Crippen molar-refractivity contribution in [2.75, 3.05) is 17.1 Å². The van der Waals surface area contributed by atoms with E-state index in [1.165, 1.54) is 10.6 Å². The van der Waals surface area contributed by atoms with Gasteiger partial charge in [-0.3, -0.25) is 13.9 Å². The molecule has 0 aromatic heterocycles. The summed E-state index contributed by atoms with van der Waals surface area (Å²) in [6.07, 6.45) is 1.94. The van der Waals surface area contributed by atoms with E-state index in [2.05, 4.69) is 5.32 Å². The molecule has 0 saturated heterocycles. The Morgan fingerprint density at radius 2 is 1.51 bits per heavy atom. The lowest BCUT2D eigenvalue weighted by Gasteiger charge is -2.34. The van der Waals surface area contributed by atoms with Gasteiger partial charge < -0.3 is 10.2 Å². The summed E-state index contributed by atoms with van der Waals surface area (Å²) in [4.78, 5) is 29.3. The number of nitrogens with zero attached hydrogens (tertiary/aromatic N) is 2. The Morgan fingerprint density at radius 1 is 0.854 bits per heavy atom. The number of aryl methyl sites for hydroxylation is 2. The molecule has 0 aliphatic carbocycles. The van der Waals surface area contributed by atoms with E-state index in [4.69, 9.17) is 0 Å². The zero-order valence-electron chi connectivity index (χ0n) is 25.1. The molecule has 0 saturated carbocycles. The number of amides is 2. The number of benzene rings is 3. The van der Waals surface area contributed by atoms with Crippen LogP contribution in [-0.4, -0.2) is 49.5 Å². The number of carbonyl (C=O) groups is 2. The van der Waals surface area contributed by atoms with Crippen molar-refractivity contribution in [3.63, 3.8) is 0 Å². The second kappa shape index (κ2) is 13.8. The summed E-state index contributed by atoms with van der Waals surface area (Å²) in [6.45, 7) is 10.1. The van der Waals surface area contributed by atoms with Gasteiger partial charge in [-0.2, -0.15) is 0 Å². The first kappa shape index (κ1) is 31.9. The van der Waals surface area contributed by atoms with Crippen LogP contribution in [0.15, 0.2) is 78.9 Å². The van der Waals surface area contributed by atoms with Crippen molar-refractivity contribution in [1.29, 1.82) is 0 Å². The van der Waals surface area contributed by atoms with Crippen molar-refractivity contribution in [3.05, 3.63) is 101 Å². The summed E-state index contributed by atoms with van der Waals surface area (Å²) >= 11 is 0. The normalized spacial score (nSPS) is 12.4. The van der Waals surface area contributed by atoms with Crippen LogP contribution in [0.5, 0.6) is 0 Å². The van der Waals surface area contributed by atoms with Gasteiger partial charge in [-0.1, -0.05) is 72.3 Å². The van der Waals surface area contributed by atoms with Gasteiger partial charge in [0, 0.05) is 31.5 Å². The standard InChI is InChI=1S/C33H43N3O4S/c1-25-17-19-28(20-18-25)24-35(30(32(38)34-33(3,4)5)23-27-13-8-7-9-14-27)31(37)16-11-21-36(41(6,39)40)29-15-10-12-26(2)22-29/h7-10,12-15,17-20,22,30H,11,16,21,23-24H2,1-6H3,(H,34,38)/t30-/m1/s1. The van der Waals surface area contributed by atoms with E-state index in [-0.39, 0.29) is 31.3 Å². The fraction of sp³-hybridized carbons (Fsp3) is 0.394. The fourth-order valence-corrected chi connectivity index (χ4v) is 5.64. The third-order valence-electron chi connectivity index (χ3n) is 6.68. The van der Waals surface area contributed by atoms with E-state index in [9.17, 15) is 18.0 Å². The van der Waals surface area contributed by atoms with Crippen LogP contribution in [-0.2, 0) is 32.6 Å². The van der Waals surface area contributed by atoms with Gasteiger partial charge in [-0.15, -0.1) is 0 Å². The molecule has 1 atom stereocenters. The summed E-state index contributed by atoms with van der Waals surface area (Å²) in [5, 5.41) is 3.07. The monoisotopic (exact) mass is 577 g/mol. The molecule has 8 heteroatoms. The van der Waals surface area contributed by atoms with Crippen LogP contribution in [0, 0.1) is 13.8 Å². The molecule has 41 heavy (non-hydrogen) atoms. The first-order chi connectivity index (χ1) is 19.2. The lowest BCUT2D eigenvalue weighted by Crippen LogP contribution is -2.54. The zero-order valence-corrected chi connectivity index (χ0v) is 25.9. The predicted octanol–water partition coefficient (Wildman–Crippen LogP) is 5.40. The van der Waals surface area contributed by atoms with Gasteiger partial charge in [0.2, 0.25) is 21.8 Å². The Morgan fingerprint density at radius 3 is 2.10 bits per heavy atom. The Hall–Kier alpha value is -3.65. The van der Waals surface area contributed by atoms with Crippen molar-refractivity contribution in [2.45, 2.75) is 72.0 Å². The maximum Gasteiger partial charge on any atom is 0.243 e. The maximum atomic E-state index is 13.9. The molecule has 0 bridgehead atoms. The SMILES string of the molecule is Cc1ccc(CN(C(=O)CCCN(c2cccc(C)c2)S(C)(=O)=O)[C@H](Cc2ccccc2)C(=O)NC(C)(C)C)cc1. The minimum atomic E-state index is -3.55. The Bertz CT molecular complexity index is 1410. The Kier molecular flexibility index (Phi) is 10.7. The highest BCUT2D eigenvalue weighted by Gasteiger charge is 2.32. The lowest BCUT2D eigenvalue weighted by atomic mass is 10.00. The van der Waals surface area contributed by atoms with Gasteiger partial charge in [0.1, 0.15) is 6.04 Å². The number of hydrogen-bond acceptors (Lipinski definition) is 4. The Balaban J connectivity index is 1.90. The van der Waals surface area contributed by atoms with Crippen LogP contribution in [0.1, 0.15) is 55.9 Å². The molecule has 2 amide bonds. The average molecular weight is 578 g/mol. The number of nitrogens with one attached hydrogen (secondary N) is 1. The van der Waals surface area contributed by atoms with Gasteiger partial charge >= 0.3 is 0 Å². The molecule has 0 unspecified atom stereocenters. The van der Waals surface area contributed by atoms with Gasteiger partial charge in [0.15, 0.2) is 0 Å². The second-order valence-electron chi connectivity index (χ2n) is 11.7. The summed E-state index contributed by atoms with van der Waals surface area (Å²) < 4.78 is 26.6.